The van der Waals surface area contributed by atoms with E-state index in [-0.39, 0.29) is 0 Å². The lowest BCUT2D eigenvalue weighted by atomic mass is 9.86. The molecule has 3 nitrogen and oxygen atoms in total. The average molecular weight is 284 g/mol. The fraction of sp³-hybridized carbons (Fsp3) is 0.583. The van der Waals surface area contributed by atoms with Gasteiger partial charge >= 0.3 is 0 Å². The Labute approximate surface area is 105 Å². The van der Waals surface area contributed by atoms with E-state index in [1.165, 1.54) is 25.7 Å². The van der Waals surface area contributed by atoms with E-state index in [1.807, 2.05) is 6.07 Å². The number of hydrogen-bond acceptors (Lipinski definition) is 3. The van der Waals surface area contributed by atoms with Gasteiger partial charge in [0, 0.05) is 6.04 Å². The van der Waals surface area contributed by atoms with Gasteiger partial charge in [-0.3, -0.25) is 0 Å². The smallest absolute Gasteiger partial charge is 0.140 e. The molecule has 16 heavy (non-hydrogen) atoms. The second kappa shape index (κ2) is 5.04. The minimum atomic E-state index is 0.543. The van der Waals surface area contributed by atoms with Crippen molar-refractivity contribution >= 4 is 27.4 Å². The van der Waals surface area contributed by atoms with E-state index >= 15 is 0 Å². The van der Waals surface area contributed by atoms with Crippen LogP contribution in [0.2, 0.25) is 0 Å². The molecule has 1 heterocycles. The van der Waals surface area contributed by atoms with Gasteiger partial charge in [-0.2, -0.15) is 0 Å². The summed E-state index contributed by atoms with van der Waals surface area (Å²) in [5.74, 6) is 1.63. The largest absolute Gasteiger partial charge is 0.397 e. The van der Waals surface area contributed by atoms with Gasteiger partial charge < -0.3 is 11.1 Å². The van der Waals surface area contributed by atoms with E-state index in [0.717, 1.165) is 16.2 Å². The first-order chi connectivity index (χ1) is 7.66. The van der Waals surface area contributed by atoms with Crippen molar-refractivity contribution in [1.29, 1.82) is 0 Å². The van der Waals surface area contributed by atoms with E-state index < -0.39 is 0 Å². The maximum atomic E-state index is 5.67. The highest BCUT2D eigenvalue weighted by atomic mass is 79.9. The quantitative estimate of drug-likeness (QED) is 0.875. The van der Waals surface area contributed by atoms with E-state index in [4.69, 9.17) is 5.73 Å². The standard InChI is InChI=1S/C12H18BrN3/c1-8-4-2-3-5-11(8)16-12-10(13)6-9(14)7-15-12/h6-8,11H,2-5,14H2,1H3,(H,15,16). The number of pyridine rings is 1. The molecule has 1 aliphatic rings. The van der Waals surface area contributed by atoms with Gasteiger partial charge in [-0.25, -0.2) is 4.98 Å². The molecule has 2 unspecified atom stereocenters. The molecule has 1 aromatic rings. The van der Waals surface area contributed by atoms with Crippen molar-refractivity contribution in [2.24, 2.45) is 5.92 Å². The number of hydrogen-bond donors (Lipinski definition) is 2. The number of anilines is 2. The molecule has 0 aliphatic heterocycles. The second-order valence-corrected chi connectivity index (χ2v) is 5.47. The van der Waals surface area contributed by atoms with Crippen LogP contribution in [0.4, 0.5) is 11.5 Å². The van der Waals surface area contributed by atoms with Crippen LogP contribution < -0.4 is 11.1 Å². The number of nitrogen functional groups attached to an aromatic ring is 1. The topological polar surface area (TPSA) is 50.9 Å². The number of nitrogens with two attached hydrogens (primary N) is 1. The van der Waals surface area contributed by atoms with Crippen molar-refractivity contribution in [2.45, 2.75) is 38.6 Å². The molecule has 88 valence electrons. The Balaban J connectivity index is 2.07. The molecule has 0 spiro atoms. The van der Waals surface area contributed by atoms with Crippen LogP contribution in [0.3, 0.4) is 0 Å². The fourth-order valence-electron chi connectivity index (χ4n) is 2.27. The molecule has 0 amide bonds. The van der Waals surface area contributed by atoms with Crippen LogP contribution in [-0.4, -0.2) is 11.0 Å². The van der Waals surface area contributed by atoms with E-state index in [1.54, 1.807) is 6.20 Å². The van der Waals surface area contributed by atoms with Crippen LogP contribution in [0.25, 0.3) is 0 Å². The maximum absolute atomic E-state index is 5.67. The molecule has 0 bridgehead atoms. The zero-order chi connectivity index (χ0) is 11.5. The van der Waals surface area contributed by atoms with Gasteiger partial charge in [0.05, 0.1) is 16.4 Å². The zero-order valence-corrected chi connectivity index (χ0v) is 11.1. The number of nitrogens with one attached hydrogen (secondary N) is 1. The van der Waals surface area contributed by atoms with Crippen LogP contribution in [0, 0.1) is 5.92 Å². The van der Waals surface area contributed by atoms with Crippen molar-refractivity contribution in [2.75, 3.05) is 11.1 Å². The lowest BCUT2D eigenvalue weighted by Gasteiger charge is -2.30. The number of aromatic nitrogens is 1. The molecule has 2 rings (SSSR count). The Morgan fingerprint density at radius 2 is 2.19 bits per heavy atom. The van der Waals surface area contributed by atoms with Gasteiger partial charge in [0.2, 0.25) is 0 Å². The third-order valence-corrected chi connectivity index (χ3v) is 3.90. The minimum absolute atomic E-state index is 0.543. The highest BCUT2D eigenvalue weighted by Gasteiger charge is 2.21. The maximum Gasteiger partial charge on any atom is 0.140 e. The van der Waals surface area contributed by atoms with Gasteiger partial charge in [0.25, 0.3) is 0 Å². The summed E-state index contributed by atoms with van der Waals surface area (Å²) >= 11 is 3.49. The summed E-state index contributed by atoms with van der Waals surface area (Å²) in [7, 11) is 0. The summed E-state index contributed by atoms with van der Waals surface area (Å²) in [6, 6.07) is 2.43. The minimum Gasteiger partial charge on any atom is -0.397 e. The normalized spacial score (nSPS) is 25.4. The molecular weight excluding hydrogens is 266 g/mol. The zero-order valence-electron chi connectivity index (χ0n) is 9.54. The molecule has 0 aromatic carbocycles. The third-order valence-electron chi connectivity index (χ3n) is 3.30. The predicted octanol–water partition coefficient (Wildman–Crippen LogP) is 3.42. The van der Waals surface area contributed by atoms with Crippen molar-refractivity contribution in [1.82, 2.24) is 4.98 Å². The Bertz CT molecular complexity index is 367. The first kappa shape index (κ1) is 11.7. The monoisotopic (exact) mass is 283 g/mol. The van der Waals surface area contributed by atoms with E-state index in [9.17, 15) is 0 Å². The highest BCUT2D eigenvalue weighted by molar-refractivity contribution is 9.10. The second-order valence-electron chi connectivity index (χ2n) is 4.61. The fourth-order valence-corrected chi connectivity index (χ4v) is 2.75. The number of halogens is 1. The molecule has 1 aromatic heterocycles. The third kappa shape index (κ3) is 2.67. The Morgan fingerprint density at radius 1 is 1.44 bits per heavy atom. The van der Waals surface area contributed by atoms with Crippen LogP contribution in [0.15, 0.2) is 16.7 Å². The molecule has 4 heteroatoms. The van der Waals surface area contributed by atoms with Gasteiger partial charge in [-0.15, -0.1) is 0 Å². The van der Waals surface area contributed by atoms with Gasteiger partial charge in [0.15, 0.2) is 0 Å². The Hall–Kier alpha value is -0.770. The molecule has 1 aliphatic carbocycles. The predicted molar refractivity (Wildman–Crippen MR) is 71.4 cm³/mol. The van der Waals surface area contributed by atoms with E-state index in [2.05, 4.69) is 33.2 Å². The molecule has 3 N–H and O–H groups in total. The van der Waals surface area contributed by atoms with Crippen molar-refractivity contribution in [3.8, 4) is 0 Å². The molecule has 0 saturated heterocycles. The lowest BCUT2D eigenvalue weighted by Crippen LogP contribution is -2.30. The first-order valence-electron chi connectivity index (χ1n) is 5.84. The van der Waals surface area contributed by atoms with Crippen molar-refractivity contribution in [3.63, 3.8) is 0 Å². The highest BCUT2D eigenvalue weighted by Crippen LogP contribution is 2.29. The lowest BCUT2D eigenvalue weighted by molar-refractivity contribution is 0.349. The summed E-state index contributed by atoms with van der Waals surface area (Å²) in [6.45, 7) is 2.31. The van der Waals surface area contributed by atoms with Gasteiger partial charge in [-0.05, 0) is 40.8 Å². The first-order valence-corrected chi connectivity index (χ1v) is 6.63. The Morgan fingerprint density at radius 3 is 2.88 bits per heavy atom. The van der Waals surface area contributed by atoms with Crippen LogP contribution >= 0.6 is 15.9 Å². The molecule has 2 atom stereocenters. The summed E-state index contributed by atoms with van der Waals surface area (Å²) < 4.78 is 0.949. The molecule has 1 saturated carbocycles. The molecule has 1 fully saturated rings. The summed E-state index contributed by atoms with van der Waals surface area (Å²) in [4.78, 5) is 4.32. The van der Waals surface area contributed by atoms with Gasteiger partial charge in [-0.1, -0.05) is 19.8 Å². The van der Waals surface area contributed by atoms with Crippen LogP contribution in [0.1, 0.15) is 32.6 Å². The summed E-state index contributed by atoms with van der Waals surface area (Å²) in [5, 5.41) is 3.51. The van der Waals surface area contributed by atoms with Gasteiger partial charge in [0.1, 0.15) is 5.82 Å². The number of nitrogens with zero attached hydrogens (tertiary/aromatic N) is 1. The van der Waals surface area contributed by atoms with Crippen LogP contribution in [0.5, 0.6) is 0 Å². The Kier molecular flexibility index (Phi) is 3.69. The summed E-state index contributed by atoms with van der Waals surface area (Å²) in [6.07, 6.45) is 6.91. The van der Waals surface area contributed by atoms with E-state index in [0.29, 0.717) is 11.7 Å². The van der Waals surface area contributed by atoms with Crippen molar-refractivity contribution in [3.05, 3.63) is 16.7 Å². The van der Waals surface area contributed by atoms with Crippen molar-refractivity contribution < 1.29 is 0 Å². The molecule has 0 radical (unpaired) electrons. The summed E-state index contributed by atoms with van der Waals surface area (Å²) in [5.41, 5.74) is 6.36. The van der Waals surface area contributed by atoms with Crippen LogP contribution in [-0.2, 0) is 0 Å². The SMILES string of the molecule is CC1CCCCC1Nc1ncc(N)cc1Br. The average Bonchev–Trinajstić information content (AvgIpc) is 2.25. The number of rotatable bonds is 2. The molecular formula is C12H18BrN3.